The van der Waals surface area contributed by atoms with E-state index in [0.717, 1.165) is 51.8 Å². The first-order valence-corrected chi connectivity index (χ1v) is 13.6. The summed E-state index contributed by atoms with van der Waals surface area (Å²) < 4.78 is 32.6. The summed E-state index contributed by atoms with van der Waals surface area (Å²) in [4.78, 5) is 17.1. The summed E-state index contributed by atoms with van der Waals surface area (Å²) in [5.41, 5.74) is 4.23. The van der Waals surface area contributed by atoms with Crippen molar-refractivity contribution in [3.8, 4) is 16.9 Å². The number of fused-ring (bicyclic) bond motifs is 1. The Morgan fingerprint density at radius 1 is 1.03 bits per heavy atom. The topological polar surface area (TPSA) is 101 Å². The number of aryl methyl sites for hydroxylation is 2. The van der Waals surface area contributed by atoms with Crippen molar-refractivity contribution in [2.45, 2.75) is 17.7 Å². The molecular weight excluding hydrogens is 470 g/mol. The third kappa shape index (κ3) is 4.79. The summed E-state index contributed by atoms with van der Waals surface area (Å²) in [6.45, 7) is 1.12. The number of ether oxygens (including phenoxy) is 1. The molecule has 1 N–H and O–H groups in total. The first-order chi connectivity index (χ1) is 16.5. The van der Waals surface area contributed by atoms with Crippen molar-refractivity contribution < 1.29 is 13.2 Å². The molecule has 0 atom stereocenters. The number of hydrogen-bond acceptors (Lipinski definition) is 7. The van der Waals surface area contributed by atoms with Gasteiger partial charge in [-0.05, 0) is 36.2 Å². The van der Waals surface area contributed by atoms with E-state index in [1.165, 1.54) is 0 Å². The Labute approximate surface area is 202 Å². The zero-order valence-electron chi connectivity index (χ0n) is 18.8. The number of aromatic amines is 1. The molecule has 1 saturated heterocycles. The van der Waals surface area contributed by atoms with Gasteiger partial charge in [-0.15, -0.1) is 0 Å². The minimum atomic E-state index is -3.45. The van der Waals surface area contributed by atoms with Crippen molar-refractivity contribution >= 4 is 32.9 Å². The normalized spacial score (nSPS) is 15.0. The van der Waals surface area contributed by atoms with Crippen LogP contribution in [0.25, 0.3) is 22.3 Å². The average molecular weight is 496 g/mol. The summed E-state index contributed by atoms with van der Waals surface area (Å²) >= 11 is 1.79. The van der Waals surface area contributed by atoms with Gasteiger partial charge in [0, 0.05) is 60.7 Å². The molecule has 3 aromatic heterocycles. The molecule has 0 radical (unpaired) electrons. The summed E-state index contributed by atoms with van der Waals surface area (Å²) in [6.07, 6.45) is 4.94. The number of H-pyrrole nitrogens is 1. The molecule has 176 valence electrons. The number of rotatable bonds is 7. The van der Waals surface area contributed by atoms with E-state index in [1.807, 2.05) is 30.3 Å². The zero-order chi connectivity index (χ0) is 23.5. The van der Waals surface area contributed by atoms with Crippen LogP contribution in [0.4, 0.5) is 0 Å². The second-order valence-corrected chi connectivity index (χ2v) is 11.2. The van der Waals surface area contributed by atoms with Crippen molar-refractivity contribution in [1.82, 2.24) is 24.2 Å². The molecule has 0 saturated carbocycles. The fourth-order valence-electron chi connectivity index (χ4n) is 3.95. The summed E-state index contributed by atoms with van der Waals surface area (Å²) in [5, 5.41) is 0. The van der Waals surface area contributed by atoms with E-state index in [9.17, 15) is 8.42 Å². The van der Waals surface area contributed by atoms with Crippen LogP contribution in [0.1, 0.15) is 11.5 Å². The minimum Gasteiger partial charge on any atom is -0.497 e. The molecule has 1 aliphatic rings. The molecule has 0 amide bonds. The number of benzene rings is 1. The first kappa shape index (κ1) is 22.8. The largest absolute Gasteiger partial charge is 0.497 e. The van der Waals surface area contributed by atoms with Gasteiger partial charge in [0.15, 0.2) is 5.65 Å². The number of methoxy groups -OCH3 is 1. The van der Waals surface area contributed by atoms with Crippen molar-refractivity contribution in [1.29, 1.82) is 0 Å². The van der Waals surface area contributed by atoms with Crippen LogP contribution in [0, 0.1) is 0 Å². The predicted molar refractivity (Wildman–Crippen MR) is 134 cm³/mol. The van der Waals surface area contributed by atoms with Gasteiger partial charge < -0.3 is 9.72 Å². The molecule has 34 heavy (non-hydrogen) atoms. The molecule has 4 heterocycles. The molecule has 5 rings (SSSR count). The number of imidazole rings is 1. The SMILES string of the molecule is COc1ccnc(CCc2nc3ncc(-c4ccc(S(=O)(=O)N5CCSCC5)cc4)cc3[nH]2)c1. The second-order valence-electron chi connectivity index (χ2n) is 8.01. The van der Waals surface area contributed by atoms with Crippen molar-refractivity contribution in [2.75, 3.05) is 31.7 Å². The Morgan fingerprint density at radius 3 is 2.59 bits per heavy atom. The highest BCUT2D eigenvalue weighted by molar-refractivity contribution is 7.99. The van der Waals surface area contributed by atoms with Crippen LogP contribution < -0.4 is 4.74 Å². The van der Waals surface area contributed by atoms with Crippen molar-refractivity contribution in [3.05, 3.63) is 66.4 Å². The maximum atomic E-state index is 12.9. The van der Waals surface area contributed by atoms with E-state index >= 15 is 0 Å². The Kier molecular flexibility index (Phi) is 6.53. The third-order valence-corrected chi connectivity index (χ3v) is 8.68. The monoisotopic (exact) mass is 495 g/mol. The van der Waals surface area contributed by atoms with E-state index in [4.69, 9.17) is 4.74 Å². The highest BCUT2D eigenvalue weighted by Crippen LogP contribution is 2.26. The minimum absolute atomic E-state index is 0.326. The van der Waals surface area contributed by atoms with Gasteiger partial charge in [0.25, 0.3) is 0 Å². The van der Waals surface area contributed by atoms with Gasteiger partial charge in [0.2, 0.25) is 10.0 Å². The van der Waals surface area contributed by atoms with Gasteiger partial charge >= 0.3 is 0 Å². The number of pyridine rings is 2. The highest BCUT2D eigenvalue weighted by atomic mass is 32.2. The van der Waals surface area contributed by atoms with E-state index in [0.29, 0.717) is 30.1 Å². The van der Waals surface area contributed by atoms with Crippen LogP contribution in [-0.4, -0.2) is 64.4 Å². The second kappa shape index (κ2) is 9.73. The van der Waals surface area contributed by atoms with E-state index in [-0.39, 0.29) is 0 Å². The fraction of sp³-hybridized carbons (Fsp3) is 0.292. The Bertz CT molecular complexity index is 1400. The Balaban J connectivity index is 1.32. The van der Waals surface area contributed by atoms with Crippen LogP contribution in [-0.2, 0) is 22.9 Å². The molecule has 0 bridgehead atoms. The lowest BCUT2D eigenvalue weighted by Crippen LogP contribution is -2.37. The van der Waals surface area contributed by atoms with Crippen LogP contribution in [0.3, 0.4) is 0 Å². The van der Waals surface area contributed by atoms with Gasteiger partial charge in [-0.1, -0.05) is 12.1 Å². The lowest BCUT2D eigenvalue weighted by molar-refractivity contribution is 0.413. The fourth-order valence-corrected chi connectivity index (χ4v) is 6.52. The maximum Gasteiger partial charge on any atom is 0.243 e. The molecule has 0 aliphatic carbocycles. The molecule has 1 aromatic carbocycles. The number of hydrogen-bond donors (Lipinski definition) is 1. The molecule has 1 aliphatic heterocycles. The number of aromatic nitrogens is 4. The average Bonchev–Trinajstić information content (AvgIpc) is 3.30. The molecule has 0 unspecified atom stereocenters. The summed E-state index contributed by atoms with van der Waals surface area (Å²) in [5.74, 6) is 3.30. The van der Waals surface area contributed by atoms with Gasteiger partial charge in [0.1, 0.15) is 11.6 Å². The lowest BCUT2D eigenvalue weighted by atomic mass is 10.1. The van der Waals surface area contributed by atoms with Gasteiger partial charge in [-0.25, -0.2) is 18.4 Å². The van der Waals surface area contributed by atoms with E-state index in [2.05, 4.69) is 19.9 Å². The molecule has 1 fully saturated rings. The van der Waals surface area contributed by atoms with Crippen LogP contribution in [0.2, 0.25) is 0 Å². The lowest BCUT2D eigenvalue weighted by Gasteiger charge is -2.25. The number of nitrogens with zero attached hydrogens (tertiary/aromatic N) is 4. The number of nitrogens with one attached hydrogen (secondary N) is 1. The highest BCUT2D eigenvalue weighted by Gasteiger charge is 2.26. The van der Waals surface area contributed by atoms with Gasteiger partial charge in [0.05, 0.1) is 17.5 Å². The summed E-state index contributed by atoms with van der Waals surface area (Å²) in [6, 6.07) is 12.8. The quantitative estimate of drug-likeness (QED) is 0.418. The predicted octanol–water partition coefficient (Wildman–Crippen LogP) is 3.55. The summed E-state index contributed by atoms with van der Waals surface area (Å²) in [7, 11) is -1.81. The van der Waals surface area contributed by atoms with Crippen LogP contribution in [0.5, 0.6) is 5.75 Å². The van der Waals surface area contributed by atoms with Crippen LogP contribution >= 0.6 is 11.8 Å². The van der Waals surface area contributed by atoms with E-state index in [1.54, 1.807) is 47.7 Å². The van der Waals surface area contributed by atoms with Gasteiger partial charge in [-0.2, -0.15) is 16.1 Å². The smallest absolute Gasteiger partial charge is 0.243 e. The number of thioether (sulfide) groups is 1. The van der Waals surface area contributed by atoms with Crippen LogP contribution in [0.15, 0.2) is 59.8 Å². The van der Waals surface area contributed by atoms with E-state index < -0.39 is 10.0 Å². The van der Waals surface area contributed by atoms with Crippen molar-refractivity contribution in [2.24, 2.45) is 0 Å². The maximum absolute atomic E-state index is 12.9. The van der Waals surface area contributed by atoms with Crippen molar-refractivity contribution in [3.63, 3.8) is 0 Å². The standard InChI is InChI=1S/C24H25N5O3S2/c1-32-20-8-9-25-19(15-20)4-7-23-27-22-14-18(16-26-24(22)28-23)17-2-5-21(6-3-17)34(30,31)29-10-12-33-13-11-29/h2-3,5-6,8-9,14-16H,4,7,10-13H2,1H3,(H,26,27,28). The van der Waals surface area contributed by atoms with Gasteiger partial charge in [-0.3, -0.25) is 4.98 Å². The zero-order valence-corrected chi connectivity index (χ0v) is 20.4. The Hall–Kier alpha value is -2.95. The molecule has 10 heteroatoms. The number of sulfonamides is 1. The Morgan fingerprint density at radius 2 is 1.82 bits per heavy atom. The molecular formula is C24H25N5O3S2. The molecule has 8 nitrogen and oxygen atoms in total. The third-order valence-electron chi connectivity index (χ3n) is 5.82. The first-order valence-electron chi connectivity index (χ1n) is 11.0. The molecule has 0 spiro atoms. The molecule has 4 aromatic rings.